The van der Waals surface area contributed by atoms with Gasteiger partial charge in [-0.2, -0.15) is 0 Å². The van der Waals surface area contributed by atoms with Crippen molar-refractivity contribution in [3.63, 3.8) is 0 Å². The molecule has 1 aromatic carbocycles. The quantitative estimate of drug-likeness (QED) is 0.761. The number of carbonyl (C=O) groups is 2. The van der Waals surface area contributed by atoms with Crippen LogP contribution in [-0.4, -0.2) is 36.5 Å². The van der Waals surface area contributed by atoms with E-state index < -0.39 is 5.97 Å². The molecule has 26 heavy (non-hydrogen) atoms. The van der Waals surface area contributed by atoms with Crippen molar-refractivity contribution in [1.29, 1.82) is 0 Å². The van der Waals surface area contributed by atoms with Gasteiger partial charge in [-0.05, 0) is 37.8 Å². The van der Waals surface area contributed by atoms with E-state index >= 15 is 0 Å². The summed E-state index contributed by atoms with van der Waals surface area (Å²) in [6.07, 6.45) is 7.35. The summed E-state index contributed by atoms with van der Waals surface area (Å²) >= 11 is 0. The van der Waals surface area contributed by atoms with Crippen LogP contribution >= 0.6 is 0 Å². The van der Waals surface area contributed by atoms with Gasteiger partial charge in [0.05, 0.1) is 12.7 Å². The number of benzene rings is 1. The first kappa shape index (κ1) is 18.5. The van der Waals surface area contributed by atoms with Crippen LogP contribution in [0.25, 0.3) is 11.0 Å². The maximum atomic E-state index is 12.3. The molecule has 0 bridgehead atoms. The molecule has 1 heterocycles. The minimum Gasteiger partial charge on any atom is -0.464 e. The Kier molecular flexibility index (Phi) is 5.64. The van der Waals surface area contributed by atoms with Gasteiger partial charge in [-0.1, -0.05) is 31.4 Å². The van der Waals surface area contributed by atoms with Crippen molar-refractivity contribution in [2.75, 3.05) is 13.7 Å². The zero-order valence-electron chi connectivity index (χ0n) is 15.8. The highest BCUT2D eigenvalue weighted by Crippen LogP contribution is 2.27. The predicted molar refractivity (Wildman–Crippen MR) is 100.0 cm³/mol. The first-order valence-electron chi connectivity index (χ1n) is 9.35. The van der Waals surface area contributed by atoms with Gasteiger partial charge in [0.1, 0.15) is 5.58 Å². The lowest BCUT2D eigenvalue weighted by Gasteiger charge is -2.31. The Balaban J connectivity index is 1.56. The van der Waals surface area contributed by atoms with Crippen LogP contribution in [0.15, 0.2) is 22.8 Å². The Bertz CT molecular complexity index is 802. The minimum absolute atomic E-state index is 0.107. The third-order valence-electron chi connectivity index (χ3n) is 5.55. The van der Waals surface area contributed by atoms with Gasteiger partial charge in [0, 0.05) is 24.0 Å². The molecule has 1 saturated carbocycles. The summed E-state index contributed by atoms with van der Waals surface area (Å²) in [5.74, 6) is -0.537. The third kappa shape index (κ3) is 3.92. The maximum Gasteiger partial charge on any atom is 0.310 e. The average molecular weight is 357 g/mol. The van der Waals surface area contributed by atoms with Crippen LogP contribution in [-0.2, 0) is 20.7 Å². The van der Waals surface area contributed by atoms with Crippen LogP contribution in [0.2, 0.25) is 0 Å². The Morgan fingerprint density at radius 3 is 2.65 bits per heavy atom. The number of amides is 1. The minimum atomic E-state index is -0.406. The first-order valence-corrected chi connectivity index (χ1v) is 9.35. The van der Waals surface area contributed by atoms with Crippen LogP contribution in [0.4, 0.5) is 0 Å². The third-order valence-corrected chi connectivity index (χ3v) is 5.55. The van der Waals surface area contributed by atoms with Gasteiger partial charge in [0.15, 0.2) is 6.61 Å². The van der Waals surface area contributed by atoms with Gasteiger partial charge in [-0.15, -0.1) is 0 Å². The van der Waals surface area contributed by atoms with Crippen LogP contribution in [0.1, 0.15) is 48.8 Å². The summed E-state index contributed by atoms with van der Waals surface area (Å²) in [5.41, 5.74) is 3.82. The van der Waals surface area contributed by atoms with E-state index in [4.69, 9.17) is 9.15 Å². The second-order valence-electron chi connectivity index (χ2n) is 7.28. The lowest BCUT2D eigenvalue weighted by Crippen LogP contribution is -2.40. The van der Waals surface area contributed by atoms with E-state index in [0.29, 0.717) is 0 Å². The van der Waals surface area contributed by atoms with Crippen molar-refractivity contribution in [3.05, 3.63) is 35.1 Å². The van der Waals surface area contributed by atoms with Gasteiger partial charge in [-0.25, -0.2) is 0 Å². The summed E-state index contributed by atoms with van der Waals surface area (Å²) in [6, 6.07) is 4.26. The van der Waals surface area contributed by atoms with Crippen LogP contribution in [0, 0.1) is 13.8 Å². The fraction of sp³-hybridized carbons (Fsp3) is 0.524. The molecule has 1 aliphatic carbocycles. The Morgan fingerprint density at radius 1 is 1.19 bits per heavy atom. The molecule has 1 fully saturated rings. The molecule has 0 saturated heterocycles. The number of carbonyl (C=O) groups excluding carboxylic acids is 2. The molecule has 0 aliphatic heterocycles. The van der Waals surface area contributed by atoms with Crippen molar-refractivity contribution in [1.82, 2.24) is 4.90 Å². The van der Waals surface area contributed by atoms with Gasteiger partial charge in [0.25, 0.3) is 5.91 Å². The summed E-state index contributed by atoms with van der Waals surface area (Å²) in [5, 5.41) is 0.927. The number of esters is 1. The molecule has 0 N–H and O–H groups in total. The smallest absolute Gasteiger partial charge is 0.310 e. The molecule has 0 unspecified atom stereocenters. The van der Waals surface area contributed by atoms with E-state index in [2.05, 4.69) is 0 Å². The van der Waals surface area contributed by atoms with E-state index in [9.17, 15) is 9.59 Å². The van der Waals surface area contributed by atoms with Crippen LogP contribution < -0.4 is 0 Å². The van der Waals surface area contributed by atoms with Crippen molar-refractivity contribution in [2.24, 2.45) is 0 Å². The second kappa shape index (κ2) is 7.94. The number of hydrogen-bond acceptors (Lipinski definition) is 4. The second-order valence-corrected chi connectivity index (χ2v) is 7.28. The number of rotatable bonds is 5. The Morgan fingerprint density at radius 2 is 1.92 bits per heavy atom. The summed E-state index contributed by atoms with van der Waals surface area (Å²) in [4.78, 5) is 26.2. The summed E-state index contributed by atoms with van der Waals surface area (Å²) in [6.45, 7) is 3.84. The molecule has 5 heteroatoms. The van der Waals surface area contributed by atoms with Crippen LogP contribution in [0.3, 0.4) is 0 Å². The van der Waals surface area contributed by atoms with Crippen molar-refractivity contribution in [3.8, 4) is 0 Å². The molecule has 0 atom stereocenters. The molecule has 1 aliphatic rings. The Hall–Kier alpha value is -2.30. The molecule has 3 rings (SSSR count). The van der Waals surface area contributed by atoms with E-state index in [-0.39, 0.29) is 25.0 Å². The normalized spacial score (nSPS) is 15.2. The number of likely N-dealkylation sites (N-methyl/N-ethyl adjacent to an activating group) is 1. The SMILES string of the molecule is Cc1ccc2c(CC(=O)OCC(=O)N(C)C3CCCCC3)coc2c1C. The molecular formula is C21H27NO4. The molecule has 1 amide bonds. The molecule has 2 aromatic rings. The van der Waals surface area contributed by atoms with E-state index in [1.807, 2.05) is 26.0 Å². The molecule has 1 aromatic heterocycles. The van der Waals surface area contributed by atoms with Crippen molar-refractivity contribution in [2.45, 2.75) is 58.4 Å². The maximum absolute atomic E-state index is 12.3. The van der Waals surface area contributed by atoms with Crippen LogP contribution in [0.5, 0.6) is 0 Å². The largest absolute Gasteiger partial charge is 0.464 e. The summed E-state index contributed by atoms with van der Waals surface area (Å²) < 4.78 is 10.8. The number of fused-ring (bicyclic) bond motifs is 1. The highest BCUT2D eigenvalue weighted by Gasteiger charge is 2.23. The standard InChI is InChI=1S/C21H27NO4/c1-14-9-10-18-16(12-26-21(18)15(14)2)11-20(24)25-13-19(23)22(3)17-7-5-4-6-8-17/h9-10,12,17H,4-8,11,13H2,1-3H3. The first-order chi connectivity index (χ1) is 12.5. The van der Waals surface area contributed by atoms with Gasteiger partial charge in [-0.3, -0.25) is 9.59 Å². The Labute approximate surface area is 154 Å². The molecule has 5 nitrogen and oxygen atoms in total. The number of nitrogens with zero attached hydrogens (tertiary/aromatic N) is 1. The number of ether oxygens (including phenoxy) is 1. The highest BCUT2D eigenvalue weighted by atomic mass is 16.5. The van der Waals surface area contributed by atoms with Gasteiger partial charge < -0.3 is 14.1 Å². The number of hydrogen-bond donors (Lipinski definition) is 0. The predicted octanol–water partition coefficient (Wildman–Crippen LogP) is 3.93. The monoisotopic (exact) mass is 357 g/mol. The molecule has 140 valence electrons. The van der Waals surface area contributed by atoms with Crippen molar-refractivity contribution >= 4 is 22.8 Å². The zero-order valence-corrected chi connectivity index (χ0v) is 15.8. The molecular weight excluding hydrogens is 330 g/mol. The lowest BCUT2D eigenvalue weighted by atomic mass is 9.94. The summed E-state index contributed by atoms with van der Waals surface area (Å²) in [7, 11) is 1.81. The fourth-order valence-electron chi connectivity index (χ4n) is 3.65. The zero-order chi connectivity index (χ0) is 18.7. The molecule has 0 spiro atoms. The van der Waals surface area contributed by atoms with E-state index in [1.54, 1.807) is 18.2 Å². The van der Waals surface area contributed by atoms with Crippen molar-refractivity contribution < 1.29 is 18.7 Å². The van der Waals surface area contributed by atoms with E-state index in [1.165, 1.54) is 6.42 Å². The van der Waals surface area contributed by atoms with Gasteiger partial charge >= 0.3 is 5.97 Å². The number of aryl methyl sites for hydroxylation is 2. The lowest BCUT2D eigenvalue weighted by molar-refractivity contribution is -0.152. The fourth-order valence-corrected chi connectivity index (χ4v) is 3.65. The highest BCUT2D eigenvalue weighted by molar-refractivity contribution is 5.89. The average Bonchev–Trinajstić information content (AvgIpc) is 3.06. The number of furan rings is 1. The van der Waals surface area contributed by atoms with E-state index in [0.717, 1.165) is 53.3 Å². The molecule has 0 radical (unpaired) electrons. The van der Waals surface area contributed by atoms with Gasteiger partial charge in [0.2, 0.25) is 0 Å². The topological polar surface area (TPSA) is 59.8 Å².